The summed E-state index contributed by atoms with van der Waals surface area (Å²) in [5, 5.41) is 3.27. The Kier molecular flexibility index (Phi) is 3.92. The Morgan fingerprint density at radius 3 is 2.00 bits per heavy atom. The Balaban J connectivity index is 1.78. The normalized spacial score (nSPS) is 10.2. The van der Waals surface area contributed by atoms with E-state index >= 15 is 0 Å². The second-order valence-electron chi connectivity index (χ2n) is 5.13. The summed E-state index contributed by atoms with van der Waals surface area (Å²) >= 11 is 0. The van der Waals surface area contributed by atoms with Crippen molar-refractivity contribution in [1.29, 1.82) is 0 Å². The molecule has 22 heavy (non-hydrogen) atoms. The first-order valence-corrected chi connectivity index (χ1v) is 7.20. The molecule has 2 nitrogen and oxygen atoms in total. The predicted molar refractivity (Wildman–Crippen MR) is 95.4 cm³/mol. The van der Waals surface area contributed by atoms with E-state index in [2.05, 4.69) is 48.3 Å². The Labute approximate surface area is 130 Å². The molecule has 2 heteroatoms. The van der Waals surface area contributed by atoms with Crippen LogP contribution in [-0.4, -0.2) is 0 Å². The van der Waals surface area contributed by atoms with Crippen LogP contribution in [0.5, 0.6) is 0 Å². The fraction of sp³-hybridized carbons (Fsp3) is 0. The number of nitrogens with two attached hydrogens (primary N) is 1. The maximum absolute atomic E-state index is 5.94. The number of hydrogen-bond donors (Lipinski definition) is 2. The molecule has 0 aromatic heterocycles. The Morgan fingerprint density at radius 1 is 0.727 bits per heavy atom. The van der Waals surface area contributed by atoms with E-state index in [0.717, 1.165) is 16.9 Å². The summed E-state index contributed by atoms with van der Waals surface area (Å²) < 4.78 is 0. The lowest BCUT2D eigenvalue weighted by molar-refractivity contribution is 1.53. The SMILES string of the molecule is C=C(Nc1ccccc1N)c1ccc(-c2ccccc2)cc1. The van der Waals surface area contributed by atoms with Crippen LogP contribution in [0.25, 0.3) is 16.8 Å². The van der Waals surface area contributed by atoms with Gasteiger partial charge < -0.3 is 11.1 Å². The van der Waals surface area contributed by atoms with Gasteiger partial charge in [0, 0.05) is 5.70 Å². The molecule has 0 atom stereocenters. The van der Waals surface area contributed by atoms with Gasteiger partial charge in [-0.15, -0.1) is 0 Å². The molecule has 0 radical (unpaired) electrons. The molecular formula is C20H18N2. The summed E-state index contributed by atoms with van der Waals surface area (Å²) in [5.74, 6) is 0. The maximum atomic E-state index is 5.94. The third-order valence-electron chi connectivity index (χ3n) is 3.59. The van der Waals surface area contributed by atoms with Gasteiger partial charge in [0.1, 0.15) is 0 Å². The summed E-state index contributed by atoms with van der Waals surface area (Å²) in [4.78, 5) is 0. The predicted octanol–water partition coefficient (Wildman–Crippen LogP) is 5.02. The van der Waals surface area contributed by atoms with Crippen molar-refractivity contribution in [3.63, 3.8) is 0 Å². The van der Waals surface area contributed by atoms with Gasteiger partial charge >= 0.3 is 0 Å². The van der Waals surface area contributed by atoms with E-state index in [1.54, 1.807) is 0 Å². The van der Waals surface area contributed by atoms with Crippen LogP contribution >= 0.6 is 0 Å². The van der Waals surface area contributed by atoms with Gasteiger partial charge in [0.05, 0.1) is 11.4 Å². The van der Waals surface area contributed by atoms with Crippen LogP contribution in [0.4, 0.5) is 11.4 Å². The van der Waals surface area contributed by atoms with Crippen LogP contribution in [0.3, 0.4) is 0 Å². The largest absolute Gasteiger partial charge is 0.397 e. The van der Waals surface area contributed by atoms with Gasteiger partial charge in [0.15, 0.2) is 0 Å². The van der Waals surface area contributed by atoms with Gasteiger partial charge in [0.25, 0.3) is 0 Å². The molecule has 0 aliphatic rings. The number of rotatable bonds is 4. The van der Waals surface area contributed by atoms with Gasteiger partial charge in [0.2, 0.25) is 0 Å². The van der Waals surface area contributed by atoms with Crippen molar-refractivity contribution in [2.24, 2.45) is 0 Å². The molecule has 0 spiro atoms. The molecule has 0 unspecified atom stereocenters. The number of hydrogen-bond acceptors (Lipinski definition) is 2. The number of benzene rings is 3. The van der Waals surface area contributed by atoms with Gasteiger partial charge in [-0.05, 0) is 28.8 Å². The zero-order valence-electron chi connectivity index (χ0n) is 12.3. The van der Waals surface area contributed by atoms with E-state index in [1.807, 2.05) is 42.5 Å². The molecule has 3 aromatic carbocycles. The zero-order chi connectivity index (χ0) is 15.4. The van der Waals surface area contributed by atoms with Crippen LogP contribution in [-0.2, 0) is 0 Å². The van der Waals surface area contributed by atoms with E-state index < -0.39 is 0 Å². The molecule has 0 saturated carbocycles. The standard InChI is InChI=1S/C20H18N2/c1-15(22-20-10-6-5-9-19(20)21)16-11-13-18(14-12-16)17-7-3-2-4-8-17/h2-14,22H,1,21H2. The summed E-state index contributed by atoms with van der Waals surface area (Å²) in [6.07, 6.45) is 0. The lowest BCUT2D eigenvalue weighted by atomic mass is 10.0. The molecular weight excluding hydrogens is 268 g/mol. The Morgan fingerprint density at radius 2 is 1.32 bits per heavy atom. The van der Waals surface area contributed by atoms with Gasteiger partial charge in [-0.1, -0.05) is 73.3 Å². The van der Waals surface area contributed by atoms with Gasteiger partial charge in [-0.25, -0.2) is 0 Å². The van der Waals surface area contributed by atoms with Crippen LogP contribution < -0.4 is 11.1 Å². The molecule has 3 aromatic rings. The molecule has 0 fully saturated rings. The highest BCUT2D eigenvalue weighted by Crippen LogP contribution is 2.25. The minimum Gasteiger partial charge on any atom is -0.397 e. The highest BCUT2D eigenvalue weighted by molar-refractivity contribution is 5.81. The molecule has 0 saturated heterocycles. The lowest BCUT2D eigenvalue weighted by Crippen LogP contribution is -2.00. The average Bonchev–Trinajstić information content (AvgIpc) is 2.58. The van der Waals surface area contributed by atoms with E-state index in [-0.39, 0.29) is 0 Å². The monoisotopic (exact) mass is 286 g/mol. The van der Waals surface area contributed by atoms with Crippen molar-refractivity contribution in [2.45, 2.75) is 0 Å². The number of nitrogen functional groups attached to an aromatic ring is 1. The number of nitrogens with one attached hydrogen (secondary N) is 1. The summed E-state index contributed by atoms with van der Waals surface area (Å²) in [6.45, 7) is 4.10. The summed E-state index contributed by atoms with van der Waals surface area (Å²) in [5.41, 5.74) is 11.8. The van der Waals surface area contributed by atoms with Gasteiger partial charge in [-0.2, -0.15) is 0 Å². The smallest absolute Gasteiger partial charge is 0.0617 e. The Bertz CT molecular complexity index is 774. The average molecular weight is 286 g/mol. The minimum atomic E-state index is 0.713. The van der Waals surface area contributed by atoms with Crippen LogP contribution in [0.1, 0.15) is 5.56 Å². The Hall–Kier alpha value is -3.00. The lowest BCUT2D eigenvalue weighted by Gasteiger charge is -2.12. The number of para-hydroxylation sites is 2. The van der Waals surface area contributed by atoms with E-state index in [4.69, 9.17) is 5.73 Å². The minimum absolute atomic E-state index is 0.713. The molecule has 3 rings (SSSR count). The van der Waals surface area contributed by atoms with Crippen molar-refractivity contribution in [3.05, 3.63) is 91.0 Å². The molecule has 0 amide bonds. The fourth-order valence-electron chi connectivity index (χ4n) is 2.34. The van der Waals surface area contributed by atoms with Gasteiger partial charge in [-0.3, -0.25) is 0 Å². The quantitative estimate of drug-likeness (QED) is 0.661. The van der Waals surface area contributed by atoms with Crippen molar-refractivity contribution < 1.29 is 0 Å². The van der Waals surface area contributed by atoms with Crippen LogP contribution in [0, 0.1) is 0 Å². The first-order valence-electron chi connectivity index (χ1n) is 7.20. The van der Waals surface area contributed by atoms with Crippen molar-refractivity contribution in [2.75, 3.05) is 11.1 Å². The van der Waals surface area contributed by atoms with Crippen molar-refractivity contribution in [3.8, 4) is 11.1 Å². The second-order valence-corrected chi connectivity index (χ2v) is 5.13. The molecule has 0 heterocycles. The molecule has 108 valence electrons. The second kappa shape index (κ2) is 6.19. The highest BCUT2D eigenvalue weighted by Gasteiger charge is 2.03. The zero-order valence-corrected chi connectivity index (χ0v) is 12.3. The summed E-state index contributed by atoms with van der Waals surface area (Å²) in [6, 6.07) is 26.3. The highest BCUT2D eigenvalue weighted by atomic mass is 14.9. The third-order valence-corrected chi connectivity index (χ3v) is 3.59. The first-order chi connectivity index (χ1) is 10.7. The summed E-state index contributed by atoms with van der Waals surface area (Å²) in [7, 11) is 0. The van der Waals surface area contributed by atoms with E-state index in [1.165, 1.54) is 11.1 Å². The van der Waals surface area contributed by atoms with Crippen LogP contribution in [0.15, 0.2) is 85.4 Å². The van der Waals surface area contributed by atoms with Crippen LogP contribution in [0.2, 0.25) is 0 Å². The molecule has 0 aliphatic carbocycles. The van der Waals surface area contributed by atoms with E-state index in [0.29, 0.717) is 5.69 Å². The number of anilines is 2. The van der Waals surface area contributed by atoms with Crippen molar-refractivity contribution >= 4 is 17.1 Å². The first kappa shape index (κ1) is 14.0. The topological polar surface area (TPSA) is 38.0 Å². The third kappa shape index (κ3) is 3.01. The fourth-order valence-corrected chi connectivity index (χ4v) is 2.34. The molecule has 0 bridgehead atoms. The maximum Gasteiger partial charge on any atom is 0.0617 e. The van der Waals surface area contributed by atoms with Crippen molar-refractivity contribution in [1.82, 2.24) is 0 Å². The molecule has 0 aliphatic heterocycles. The molecule has 3 N–H and O–H groups in total. The van der Waals surface area contributed by atoms with E-state index in [9.17, 15) is 0 Å².